The number of aliphatic hydroxyl groups excluding tert-OH is 1. The van der Waals surface area contributed by atoms with Gasteiger partial charge in [0.05, 0.1) is 25.4 Å². The van der Waals surface area contributed by atoms with E-state index >= 15 is 0 Å². The molecule has 0 aliphatic heterocycles. The van der Waals surface area contributed by atoms with Crippen LogP contribution in [0.5, 0.6) is 0 Å². The molecule has 0 unspecified atom stereocenters. The molecule has 1 aromatic carbocycles. The summed E-state index contributed by atoms with van der Waals surface area (Å²) < 4.78 is 19.3. The first-order valence-electron chi connectivity index (χ1n) is 14.7. The molecule has 1 N–H and O–H groups in total. The molecule has 0 amide bonds. The molecule has 0 heterocycles. The minimum atomic E-state index is -2.17. The Morgan fingerprint density at radius 2 is 1.38 bits per heavy atom. The lowest BCUT2D eigenvalue weighted by Crippen LogP contribution is -2.53. The first-order valence-corrected chi connectivity index (χ1v) is 20.5. The van der Waals surface area contributed by atoms with Gasteiger partial charge in [-0.25, -0.2) is 0 Å². The second kappa shape index (κ2) is 13.9. The minimum absolute atomic E-state index is 0.0143. The Kier molecular flexibility index (Phi) is 12.9. The summed E-state index contributed by atoms with van der Waals surface area (Å²) in [7, 11) is -4.10. The van der Waals surface area contributed by atoms with Gasteiger partial charge in [0.2, 0.25) is 0 Å². The van der Waals surface area contributed by atoms with Crippen LogP contribution in [0.15, 0.2) is 30.3 Å². The second-order valence-corrected chi connectivity index (χ2v) is 24.7. The van der Waals surface area contributed by atoms with Gasteiger partial charge in [-0.3, -0.25) is 4.79 Å². The van der Waals surface area contributed by atoms with E-state index in [0.29, 0.717) is 26.2 Å². The SMILES string of the molecule is C[C@@H](COCc1ccccc1)[C@H](O)[C@@H](C)C(=O)C(C)(C)[C@H](CCO[Si](C)(C)C(C)(C)C)O[Si](C)(C)C(C)(C)C. The normalized spacial score (nSPS) is 17.0. The number of ether oxygens (including phenoxy) is 1. The molecule has 5 nitrogen and oxygen atoms in total. The van der Waals surface area contributed by atoms with Crippen molar-refractivity contribution >= 4 is 22.4 Å². The fraction of sp³-hybridized carbons (Fsp3) is 0.781. The molecule has 0 fully saturated rings. The maximum absolute atomic E-state index is 14.0. The monoisotopic (exact) mass is 580 g/mol. The number of Topliss-reactive ketones (excluding diaryl/α,β-unsaturated/α-hetero) is 1. The fourth-order valence-corrected chi connectivity index (χ4v) is 6.70. The van der Waals surface area contributed by atoms with E-state index in [9.17, 15) is 9.90 Å². The molecule has 0 bridgehead atoms. The predicted molar refractivity (Wildman–Crippen MR) is 169 cm³/mol. The molecule has 0 spiro atoms. The Labute approximate surface area is 242 Å². The first-order chi connectivity index (χ1) is 17.5. The van der Waals surface area contributed by atoms with Gasteiger partial charge in [-0.05, 0) is 48.2 Å². The van der Waals surface area contributed by atoms with E-state index in [1.807, 2.05) is 58.0 Å². The van der Waals surface area contributed by atoms with Crippen molar-refractivity contribution < 1.29 is 23.5 Å². The summed E-state index contributed by atoms with van der Waals surface area (Å²) in [6.45, 7) is 31.6. The maximum atomic E-state index is 14.0. The third kappa shape index (κ3) is 10.2. The molecule has 226 valence electrons. The van der Waals surface area contributed by atoms with Gasteiger partial charge in [-0.15, -0.1) is 0 Å². The lowest BCUT2D eigenvalue weighted by atomic mass is 9.73. The third-order valence-corrected chi connectivity index (χ3v) is 18.4. The molecule has 0 aromatic heterocycles. The van der Waals surface area contributed by atoms with Crippen molar-refractivity contribution in [3.05, 3.63) is 35.9 Å². The largest absolute Gasteiger partial charge is 0.417 e. The zero-order valence-corrected chi connectivity index (χ0v) is 29.6. The Bertz CT molecular complexity index is 884. The lowest BCUT2D eigenvalue weighted by molar-refractivity contribution is -0.142. The number of carbonyl (C=O) groups is 1. The summed E-state index contributed by atoms with van der Waals surface area (Å²) in [5, 5.41) is 11.3. The van der Waals surface area contributed by atoms with Gasteiger partial charge in [0.25, 0.3) is 0 Å². The van der Waals surface area contributed by atoms with Crippen LogP contribution in [0.4, 0.5) is 0 Å². The third-order valence-electron chi connectivity index (χ3n) is 9.33. The number of benzene rings is 1. The molecule has 1 aromatic rings. The van der Waals surface area contributed by atoms with E-state index in [2.05, 4.69) is 67.7 Å². The summed E-state index contributed by atoms with van der Waals surface area (Å²) in [5.74, 6) is -0.687. The number of hydrogen-bond donors (Lipinski definition) is 1. The van der Waals surface area contributed by atoms with Crippen LogP contribution in [0.1, 0.15) is 81.2 Å². The average Bonchev–Trinajstić information content (AvgIpc) is 2.80. The van der Waals surface area contributed by atoms with Gasteiger partial charge in [-0.1, -0.05) is 99.6 Å². The van der Waals surface area contributed by atoms with Gasteiger partial charge in [0.1, 0.15) is 5.78 Å². The summed E-state index contributed by atoms with van der Waals surface area (Å²) in [4.78, 5) is 14.0. The van der Waals surface area contributed by atoms with Gasteiger partial charge < -0.3 is 18.7 Å². The van der Waals surface area contributed by atoms with E-state index in [1.54, 1.807) is 0 Å². The van der Waals surface area contributed by atoms with Gasteiger partial charge in [0, 0.05) is 23.9 Å². The van der Waals surface area contributed by atoms with Gasteiger partial charge in [-0.2, -0.15) is 0 Å². The Morgan fingerprint density at radius 3 is 1.87 bits per heavy atom. The highest BCUT2D eigenvalue weighted by molar-refractivity contribution is 6.74. The van der Waals surface area contributed by atoms with E-state index in [0.717, 1.165) is 5.56 Å². The summed E-state index contributed by atoms with van der Waals surface area (Å²) >= 11 is 0. The zero-order valence-electron chi connectivity index (χ0n) is 27.6. The Hall–Kier alpha value is -0.836. The molecule has 7 heteroatoms. The van der Waals surface area contributed by atoms with Crippen molar-refractivity contribution in [2.24, 2.45) is 17.3 Å². The number of ketones is 1. The van der Waals surface area contributed by atoms with E-state index in [4.69, 9.17) is 13.6 Å². The molecule has 0 aliphatic carbocycles. The van der Waals surface area contributed by atoms with Crippen molar-refractivity contribution in [2.45, 2.75) is 131 Å². The highest BCUT2D eigenvalue weighted by Gasteiger charge is 2.47. The standard InChI is InChI=1S/C32H60O5Si2/c1-24(22-35-23-26-18-16-15-17-19-26)28(33)25(2)29(34)32(9,10)27(37-39(13,14)31(6,7)8)20-21-36-38(11,12)30(3,4)5/h15-19,24-25,27-28,33H,20-23H2,1-14H3/t24-,25+,27-,28-/m0/s1. The van der Waals surface area contributed by atoms with Crippen LogP contribution in [0.25, 0.3) is 0 Å². The van der Waals surface area contributed by atoms with Crippen LogP contribution >= 0.6 is 0 Å². The van der Waals surface area contributed by atoms with E-state index in [-0.39, 0.29) is 27.9 Å². The van der Waals surface area contributed by atoms with Crippen molar-refractivity contribution in [1.82, 2.24) is 0 Å². The Balaban J connectivity index is 3.03. The highest BCUT2D eigenvalue weighted by atomic mass is 28.4. The van der Waals surface area contributed by atoms with Crippen molar-refractivity contribution in [1.29, 1.82) is 0 Å². The fourth-order valence-electron chi connectivity index (χ4n) is 4.17. The molecule has 1 rings (SSSR count). The number of rotatable bonds is 15. The van der Waals surface area contributed by atoms with Crippen LogP contribution in [0.2, 0.25) is 36.3 Å². The minimum Gasteiger partial charge on any atom is -0.417 e. The predicted octanol–water partition coefficient (Wildman–Crippen LogP) is 8.23. The Morgan fingerprint density at radius 1 is 0.872 bits per heavy atom. The van der Waals surface area contributed by atoms with Crippen LogP contribution in [0.3, 0.4) is 0 Å². The van der Waals surface area contributed by atoms with E-state index in [1.165, 1.54) is 0 Å². The molecular weight excluding hydrogens is 521 g/mol. The van der Waals surface area contributed by atoms with Gasteiger partial charge >= 0.3 is 0 Å². The van der Waals surface area contributed by atoms with Crippen LogP contribution in [0, 0.1) is 17.3 Å². The first kappa shape index (κ1) is 36.2. The molecule has 39 heavy (non-hydrogen) atoms. The summed E-state index contributed by atoms with van der Waals surface area (Å²) in [6.07, 6.45) is -0.449. The summed E-state index contributed by atoms with van der Waals surface area (Å²) in [6, 6.07) is 9.99. The average molecular weight is 581 g/mol. The summed E-state index contributed by atoms with van der Waals surface area (Å²) in [5.41, 5.74) is 0.312. The molecular formula is C32H60O5Si2. The molecule has 4 atom stereocenters. The molecule has 0 saturated carbocycles. The van der Waals surface area contributed by atoms with Gasteiger partial charge in [0.15, 0.2) is 16.6 Å². The number of aliphatic hydroxyl groups is 1. The molecule has 0 aliphatic rings. The smallest absolute Gasteiger partial charge is 0.192 e. The highest BCUT2D eigenvalue weighted by Crippen LogP contribution is 2.42. The lowest BCUT2D eigenvalue weighted by Gasteiger charge is -2.45. The molecule has 0 radical (unpaired) electrons. The number of carbonyl (C=O) groups excluding carboxylic acids is 1. The second-order valence-electron chi connectivity index (χ2n) is 15.1. The van der Waals surface area contributed by atoms with E-state index < -0.39 is 34.1 Å². The zero-order chi connectivity index (χ0) is 30.4. The van der Waals surface area contributed by atoms with Crippen LogP contribution in [-0.2, 0) is 25.0 Å². The number of hydrogen-bond acceptors (Lipinski definition) is 5. The van der Waals surface area contributed by atoms with Crippen molar-refractivity contribution in [3.63, 3.8) is 0 Å². The quantitative estimate of drug-likeness (QED) is 0.212. The van der Waals surface area contributed by atoms with Crippen molar-refractivity contribution in [3.8, 4) is 0 Å². The van der Waals surface area contributed by atoms with Crippen molar-refractivity contribution in [2.75, 3.05) is 13.2 Å². The topological polar surface area (TPSA) is 65.0 Å². The van der Waals surface area contributed by atoms with Crippen LogP contribution in [-0.4, -0.2) is 52.9 Å². The molecule has 0 saturated heterocycles. The maximum Gasteiger partial charge on any atom is 0.192 e. The van der Waals surface area contributed by atoms with Crippen LogP contribution < -0.4 is 0 Å².